The first-order valence-electron chi connectivity index (χ1n) is 5.15. The molecule has 1 heterocycles. The molecule has 0 amide bonds. The Morgan fingerprint density at radius 2 is 2.33 bits per heavy atom. The van der Waals surface area contributed by atoms with E-state index in [1.807, 2.05) is 0 Å². The van der Waals surface area contributed by atoms with Crippen LogP contribution in [0.15, 0.2) is 0 Å². The fourth-order valence-electron chi connectivity index (χ4n) is 2.11. The van der Waals surface area contributed by atoms with Crippen LogP contribution in [0.4, 0.5) is 0 Å². The van der Waals surface area contributed by atoms with Gasteiger partial charge in [0.1, 0.15) is 0 Å². The molecule has 0 aromatic heterocycles. The zero-order valence-electron chi connectivity index (χ0n) is 7.79. The van der Waals surface area contributed by atoms with Crippen molar-refractivity contribution in [2.45, 2.75) is 43.1 Å². The van der Waals surface area contributed by atoms with Gasteiger partial charge in [0.05, 0.1) is 6.61 Å². The molecule has 0 N–H and O–H groups in total. The molecule has 1 nitrogen and oxygen atoms in total. The molecule has 2 heteroatoms. The average Bonchev–Trinajstić information content (AvgIpc) is 2.84. The lowest BCUT2D eigenvalue weighted by molar-refractivity contribution is 0.0931. The second-order valence-electron chi connectivity index (χ2n) is 3.91. The van der Waals surface area contributed by atoms with Crippen molar-refractivity contribution in [1.82, 2.24) is 0 Å². The summed E-state index contributed by atoms with van der Waals surface area (Å²) in [5, 5.41) is 2.00. The minimum atomic E-state index is 0.889. The van der Waals surface area contributed by atoms with Gasteiger partial charge in [-0.15, -0.1) is 0 Å². The van der Waals surface area contributed by atoms with Gasteiger partial charge < -0.3 is 4.74 Å². The highest BCUT2D eigenvalue weighted by atomic mass is 32.2. The number of rotatable bonds is 4. The molecule has 3 atom stereocenters. The summed E-state index contributed by atoms with van der Waals surface area (Å²) in [6.07, 6.45) is 5.49. The Balaban J connectivity index is 1.66. The maximum atomic E-state index is 5.61. The Morgan fingerprint density at radius 3 is 3.17 bits per heavy atom. The molecule has 1 saturated carbocycles. The van der Waals surface area contributed by atoms with E-state index in [1.165, 1.54) is 19.3 Å². The van der Waals surface area contributed by atoms with Crippen molar-refractivity contribution < 1.29 is 4.74 Å². The molecule has 0 radical (unpaired) electrons. The summed E-state index contributed by atoms with van der Waals surface area (Å²) in [7, 11) is 0. The van der Waals surface area contributed by atoms with E-state index >= 15 is 0 Å². The Hall–Kier alpha value is 0.310. The quantitative estimate of drug-likeness (QED) is 0.493. The standard InChI is InChI=1S/C10H18OS/c1-2-6-11-7-8-4-3-5-9-10(8)12-9/h8-10H,2-7H2,1H3. The second kappa shape index (κ2) is 4.01. The van der Waals surface area contributed by atoms with Crippen LogP contribution in [-0.4, -0.2) is 23.7 Å². The third-order valence-electron chi connectivity index (χ3n) is 2.83. The highest BCUT2D eigenvalue weighted by molar-refractivity contribution is 8.07. The summed E-state index contributed by atoms with van der Waals surface area (Å²) >= 11 is 2.19. The van der Waals surface area contributed by atoms with E-state index in [1.54, 1.807) is 0 Å². The molecule has 0 bridgehead atoms. The first-order valence-corrected chi connectivity index (χ1v) is 6.09. The molecule has 2 fully saturated rings. The van der Waals surface area contributed by atoms with Gasteiger partial charge in [-0.2, -0.15) is 11.8 Å². The highest BCUT2D eigenvalue weighted by Crippen LogP contribution is 2.53. The Morgan fingerprint density at radius 1 is 1.42 bits per heavy atom. The van der Waals surface area contributed by atoms with E-state index < -0.39 is 0 Å². The van der Waals surface area contributed by atoms with Crippen LogP contribution in [0, 0.1) is 5.92 Å². The minimum Gasteiger partial charge on any atom is -0.381 e. The SMILES string of the molecule is CCCOCC1CCCC2SC12. The predicted octanol–water partition coefficient (Wildman–Crippen LogP) is 2.70. The van der Waals surface area contributed by atoms with Crippen molar-refractivity contribution in [1.29, 1.82) is 0 Å². The maximum absolute atomic E-state index is 5.61. The van der Waals surface area contributed by atoms with Crippen LogP contribution in [0.5, 0.6) is 0 Å². The summed E-state index contributed by atoms with van der Waals surface area (Å²) in [6, 6.07) is 0. The van der Waals surface area contributed by atoms with Crippen LogP contribution in [0.2, 0.25) is 0 Å². The van der Waals surface area contributed by atoms with Crippen molar-refractivity contribution >= 4 is 11.8 Å². The lowest BCUT2D eigenvalue weighted by Gasteiger charge is -2.19. The van der Waals surface area contributed by atoms with Gasteiger partial charge in [-0.05, 0) is 25.2 Å². The first-order chi connectivity index (χ1) is 5.92. The van der Waals surface area contributed by atoms with Crippen LogP contribution in [0.1, 0.15) is 32.6 Å². The molecular formula is C10H18OS. The molecule has 0 aromatic carbocycles. The van der Waals surface area contributed by atoms with E-state index in [2.05, 4.69) is 18.7 Å². The fraction of sp³-hybridized carbons (Fsp3) is 1.00. The van der Waals surface area contributed by atoms with Gasteiger partial charge in [0.15, 0.2) is 0 Å². The van der Waals surface area contributed by atoms with Crippen LogP contribution in [0.25, 0.3) is 0 Å². The Kier molecular flexibility index (Phi) is 2.97. The monoisotopic (exact) mass is 186 g/mol. The molecule has 3 unspecified atom stereocenters. The molecular weight excluding hydrogens is 168 g/mol. The highest BCUT2D eigenvalue weighted by Gasteiger charge is 2.46. The topological polar surface area (TPSA) is 9.23 Å². The molecule has 1 aliphatic carbocycles. The van der Waals surface area contributed by atoms with Crippen molar-refractivity contribution in [3.63, 3.8) is 0 Å². The third-order valence-corrected chi connectivity index (χ3v) is 4.42. The van der Waals surface area contributed by atoms with Gasteiger partial charge in [0.2, 0.25) is 0 Å². The third kappa shape index (κ3) is 1.97. The summed E-state index contributed by atoms with van der Waals surface area (Å²) in [4.78, 5) is 0. The number of fused-ring (bicyclic) bond motifs is 1. The molecule has 70 valence electrons. The molecule has 1 saturated heterocycles. The average molecular weight is 186 g/mol. The number of thioether (sulfide) groups is 1. The zero-order valence-corrected chi connectivity index (χ0v) is 8.61. The first kappa shape index (κ1) is 8.89. The van der Waals surface area contributed by atoms with E-state index in [4.69, 9.17) is 4.74 Å². The van der Waals surface area contributed by atoms with Crippen LogP contribution < -0.4 is 0 Å². The van der Waals surface area contributed by atoms with E-state index in [-0.39, 0.29) is 0 Å². The lowest BCUT2D eigenvalue weighted by Crippen LogP contribution is -2.21. The van der Waals surface area contributed by atoms with E-state index in [0.29, 0.717) is 0 Å². The predicted molar refractivity (Wildman–Crippen MR) is 53.6 cm³/mol. The van der Waals surface area contributed by atoms with Gasteiger partial charge in [0, 0.05) is 17.1 Å². The number of hydrogen-bond acceptors (Lipinski definition) is 2. The fourth-order valence-corrected chi connectivity index (χ4v) is 3.52. The smallest absolute Gasteiger partial charge is 0.0505 e. The van der Waals surface area contributed by atoms with Gasteiger partial charge >= 0.3 is 0 Å². The molecule has 0 spiro atoms. The normalized spacial score (nSPS) is 39.2. The van der Waals surface area contributed by atoms with Crippen molar-refractivity contribution in [2.75, 3.05) is 13.2 Å². The molecule has 2 aliphatic rings. The molecule has 1 aliphatic heterocycles. The second-order valence-corrected chi connectivity index (χ2v) is 5.33. The summed E-state index contributed by atoms with van der Waals surface area (Å²) in [5.41, 5.74) is 0. The van der Waals surface area contributed by atoms with E-state index in [9.17, 15) is 0 Å². The van der Waals surface area contributed by atoms with Gasteiger partial charge in [-0.3, -0.25) is 0 Å². The van der Waals surface area contributed by atoms with Gasteiger partial charge in [-0.1, -0.05) is 13.3 Å². The summed E-state index contributed by atoms with van der Waals surface area (Å²) < 4.78 is 5.61. The largest absolute Gasteiger partial charge is 0.381 e. The van der Waals surface area contributed by atoms with Crippen LogP contribution in [0.3, 0.4) is 0 Å². The molecule has 12 heavy (non-hydrogen) atoms. The van der Waals surface area contributed by atoms with Crippen LogP contribution in [-0.2, 0) is 4.74 Å². The number of hydrogen-bond donors (Lipinski definition) is 0. The minimum absolute atomic E-state index is 0.889. The number of ether oxygens (including phenoxy) is 1. The van der Waals surface area contributed by atoms with Crippen molar-refractivity contribution in [2.24, 2.45) is 5.92 Å². The van der Waals surface area contributed by atoms with E-state index in [0.717, 1.165) is 36.1 Å². The Bertz CT molecular complexity index is 149. The maximum Gasteiger partial charge on any atom is 0.0505 e. The molecule has 0 aromatic rings. The Labute approximate surface area is 79.2 Å². The summed E-state index contributed by atoms with van der Waals surface area (Å²) in [5.74, 6) is 0.889. The summed E-state index contributed by atoms with van der Waals surface area (Å²) in [6.45, 7) is 4.16. The zero-order chi connectivity index (χ0) is 8.39. The lowest BCUT2D eigenvalue weighted by atomic mass is 9.90. The van der Waals surface area contributed by atoms with Gasteiger partial charge in [-0.25, -0.2) is 0 Å². The molecule has 2 rings (SSSR count). The van der Waals surface area contributed by atoms with Gasteiger partial charge in [0.25, 0.3) is 0 Å². The van der Waals surface area contributed by atoms with Crippen molar-refractivity contribution in [3.8, 4) is 0 Å². The van der Waals surface area contributed by atoms with Crippen molar-refractivity contribution in [3.05, 3.63) is 0 Å². The van der Waals surface area contributed by atoms with Crippen LogP contribution >= 0.6 is 11.8 Å².